The summed E-state index contributed by atoms with van der Waals surface area (Å²) >= 11 is 6.34. The van der Waals surface area contributed by atoms with Gasteiger partial charge in [0.25, 0.3) is 0 Å². The van der Waals surface area contributed by atoms with Gasteiger partial charge in [0.1, 0.15) is 0 Å². The topological polar surface area (TPSA) is 83.1 Å². The minimum atomic E-state index is -0.758. The van der Waals surface area contributed by atoms with Gasteiger partial charge in [-0.25, -0.2) is 4.79 Å². The molecule has 2 aromatic rings. The number of benzene rings is 2. The molecular weight excluding hydrogens is 422 g/mol. The van der Waals surface area contributed by atoms with Crippen molar-refractivity contribution in [2.24, 2.45) is 0 Å². The first kappa shape index (κ1) is 20.8. The summed E-state index contributed by atoms with van der Waals surface area (Å²) in [6.07, 6.45) is 2.24. The number of fused-ring (bicyclic) bond motifs is 1. The number of ether oxygens (including phenoxy) is 4. The SMILES string of the molecule is CCOC(=O)C1=C(Nc2ccccc2)O/C(=C/c2cc(Cl)c3c(c2)OCCCO3)C1=O. The Morgan fingerprint density at radius 2 is 1.97 bits per heavy atom. The highest BCUT2D eigenvalue weighted by Crippen LogP contribution is 2.39. The van der Waals surface area contributed by atoms with Crippen molar-refractivity contribution in [3.05, 3.63) is 70.3 Å². The Morgan fingerprint density at radius 1 is 1.19 bits per heavy atom. The van der Waals surface area contributed by atoms with Gasteiger partial charge in [0.05, 0.1) is 24.8 Å². The Balaban J connectivity index is 1.67. The van der Waals surface area contributed by atoms with E-state index in [-0.39, 0.29) is 23.8 Å². The van der Waals surface area contributed by atoms with Crippen molar-refractivity contribution in [1.82, 2.24) is 0 Å². The van der Waals surface area contributed by atoms with Crippen LogP contribution in [0.15, 0.2) is 59.7 Å². The van der Waals surface area contributed by atoms with Gasteiger partial charge in [0.2, 0.25) is 11.7 Å². The summed E-state index contributed by atoms with van der Waals surface area (Å²) in [6, 6.07) is 12.4. The number of nitrogens with one attached hydrogen (secondary N) is 1. The van der Waals surface area contributed by atoms with Gasteiger partial charge in [-0.3, -0.25) is 4.79 Å². The molecule has 0 amide bonds. The lowest BCUT2D eigenvalue weighted by molar-refractivity contribution is -0.139. The van der Waals surface area contributed by atoms with Crippen molar-refractivity contribution < 1.29 is 28.5 Å². The summed E-state index contributed by atoms with van der Waals surface area (Å²) in [5, 5.41) is 3.33. The standard InChI is InChI=1S/C23H20ClNO6/c1-2-28-23(27)19-20(26)17(31-22(19)25-15-7-4-3-5-8-15)12-14-11-16(24)21-18(13-14)29-9-6-10-30-21/h3-5,7-8,11-13,25H,2,6,9-10H2,1H3/b17-12+. The van der Waals surface area contributed by atoms with Gasteiger partial charge in [0, 0.05) is 12.1 Å². The molecule has 0 aliphatic carbocycles. The monoisotopic (exact) mass is 441 g/mol. The molecule has 0 atom stereocenters. The van der Waals surface area contributed by atoms with Gasteiger partial charge in [-0.05, 0) is 42.8 Å². The van der Waals surface area contributed by atoms with Crippen molar-refractivity contribution in [2.75, 3.05) is 25.1 Å². The van der Waals surface area contributed by atoms with Crippen LogP contribution in [-0.2, 0) is 19.1 Å². The number of para-hydroxylation sites is 1. The van der Waals surface area contributed by atoms with Crippen LogP contribution in [0.1, 0.15) is 18.9 Å². The van der Waals surface area contributed by atoms with Gasteiger partial charge in [-0.2, -0.15) is 0 Å². The average Bonchev–Trinajstić information content (AvgIpc) is 2.91. The van der Waals surface area contributed by atoms with E-state index in [1.54, 1.807) is 31.2 Å². The predicted molar refractivity (Wildman–Crippen MR) is 115 cm³/mol. The number of anilines is 1. The maximum absolute atomic E-state index is 13.0. The molecule has 1 N–H and O–H groups in total. The first-order valence-corrected chi connectivity index (χ1v) is 10.2. The van der Waals surface area contributed by atoms with E-state index >= 15 is 0 Å². The highest BCUT2D eigenvalue weighted by Gasteiger charge is 2.37. The molecule has 160 valence electrons. The number of hydrogen-bond acceptors (Lipinski definition) is 7. The molecule has 0 radical (unpaired) electrons. The molecule has 0 saturated heterocycles. The molecule has 0 unspecified atom stereocenters. The average molecular weight is 442 g/mol. The number of Topliss-reactive ketones (excluding diaryl/α,β-unsaturated/α-hetero) is 1. The molecule has 2 heterocycles. The van der Waals surface area contributed by atoms with Crippen LogP contribution in [0.3, 0.4) is 0 Å². The molecule has 31 heavy (non-hydrogen) atoms. The van der Waals surface area contributed by atoms with Crippen LogP contribution in [0.25, 0.3) is 6.08 Å². The summed E-state index contributed by atoms with van der Waals surface area (Å²) in [7, 11) is 0. The van der Waals surface area contributed by atoms with Gasteiger partial charge in [-0.1, -0.05) is 29.8 Å². The van der Waals surface area contributed by atoms with E-state index in [2.05, 4.69) is 5.32 Å². The maximum Gasteiger partial charge on any atom is 0.347 e. The van der Waals surface area contributed by atoms with Crippen LogP contribution >= 0.6 is 11.6 Å². The smallest absolute Gasteiger partial charge is 0.347 e. The quantitative estimate of drug-likeness (QED) is 0.420. The van der Waals surface area contributed by atoms with Gasteiger partial charge in [0.15, 0.2) is 22.8 Å². The first-order chi connectivity index (χ1) is 15.1. The fraction of sp³-hybridized carbons (Fsp3) is 0.217. The van der Waals surface area contributed by atoms with Crippen molar-refractivity contribution in [3.63, 3.8) is 0 Å². The van der Waals surface area contributed by atoms with Gasteiger partial charge >= 0.3 is 5.97 Å². The molecule has 8 heteroatoms. The molecule has 0 aromatic heterocycles. The van der Waals surface area contributed by atoms with Crippen molar-refractivity contribution in [3.8, 4) is 11.5 Å². The molecule has 0 saturated carbocycles. The Bertz CT molecular complexity index is 1080. The zero-order valence-electron chi connectivity index (χ0n) is 16.8. The second kappa shape index (κ2) is 9.14. The molecule has 4 rings (SSSR count). The van der Waals surface area contributed by atoms with E-state index in [0.29, 0.717) is 41.0 Å². The Kier molecular flexibility index (Phi) is 6.13. The lowest BCUT2D eigenvalue weighted by atomic mass is 10.1. The zero-order valence-corrected chi connectivity index (χ0v) is 17.5. The Labute approximate surface area is 184 Å². The normalized spacial score (nSPS) is 16.7. The Hall–Kier alpha value is -3.45. The number of esters is 1. The second-order valence-electron chi connectivity index (χ2n) is 6.74. The summed E-state index contributed by atoms with van der Waals surface area (Å²) < 4.78 is 22.1. The van der Waals surface area contributed by atoms with E-state index in [1.165, 1.54) is 6.08 Å². The summed E-state index contributed by atoms with van der Waals surface area (Å²) in [4.78, 5) is 25.4. The number of allylic oxidation sites excluding steroid dienone is 1. The van der Waals surface area contributed by atoms with Crippen molar-refractivity contribution >= 4 is 35.1 Å². The summed E-state index contributed by atoms with van der Waals surface area (Å²) in [5.74, 6) is -0.403. The van der Waals surface area contributed by atoms with Crippen LogP contribution in [0.2, 0.25) is 5.02 Å². The maximum atomic E-state index is 13.0. The third-order valence-electron chi connectivity index (χ3n) is 4.52. The van der Waals surface area contributed by atoms with E-state index in [0.717, 1.165) is 6.42 Å². The molecule has 0 spiro atoms. The Morgan fingerprint density at radius 3 is 2.74 bits per heavy atom. The van der Waals surface area contributed by atoms with Crippen molar-refractivity contribution in [2.45, 2.75) is 13.3 Å². The summed E-state index contributed by atoms with van der Waals surface area (Å²) in [6.45, 7) is 2.80. The molecular formula is C23H20ClNO6. The molecule has 0 fully saturated rings. The molecule has 2 aliphatic heterocycles. The predicted octanol–water partition coefficient (Wildman–Crippen LogP) is 4.33. The number of ketones is 1. The largest absolute Gasteiger partial charge is 0.489 e. The lowest BCUT2D eigenvalue weighted by Crippen LogP contribution is -2.16. The van der Waals surface area contributed by atoms with E-state index in [1.807, 2.05) is 18.2 Å². The minimum absolute atomic E-state index is 0.0151. The van der Waals surface area contributed by atoms with Crippen LogP contribution < -0.4 is 14.8 Å². The third-order valence-corrected chi connectivity index (χ3v) is 4.80. The van der Waals surface area contributed by atoms with E-state index in [9.17, 15) is 9.59 Å². The number of halogens is 1. The molecule has 2 aromatic carbocycles. The van der Waals surface area contributed by atoms with E-state index in [4.69, 9.17) is 30.5 Å². The third kappa shape index (κ3) is 4.51. The first-order valence-electron chi connectivity index (χ1n) is 9.83. The molecule has 0 bridgehead atoms. The molecule has 7 nitrogen and oxygen atoms in total. The number of carbonyl (C=O) groups excluding carboxylic acids is 2. The summed E-state index contributed by atoms with van der Waals surface area (Å²) in [5.41, 5.74) is 1.03. The van der Waals surface area contributed by atoms with Crippen LogP contribution in [0.5, 0.6) is 11.5 Å². The number of rotatable bonds is 5. The van der Waals surface area contributed by atoms with Crippen molar-refractivity contribution in [1.29, 1.82) is 0 Å². The van der Waals surface area contributed by atoms with Gasteiger partial charge < -0.3 is 24.3 Å². The fourth-order valence-electron chi connectivity index (χ4n) is 3.14. The van der Waals surface area contributed by atoms with Crippen LogP contribution in [0, 0.1) is 0 Å². The minimum Gasteiger partial charge on any atom is -0.489 e. The number of hydrogen-bond donors (Lipinski definition) is 1. The highest BCUT2D eigenvalue weighted by molar-refractivity contribution is 6.32. The zero-order chi connectivity index (χ0) is 21.8. The van der Waals surface area contributed by atoms with Crippen LogP contribution in [-0.4, -0.2) is 31.6 Å². The highest BCUT2D eigenvalue weighted by atomic mass is 35.5. The van der Waals surface area contributed by atoms with E-state index < -0.39 is 11.8 Å². The fourth-order valence-corrected chi connectivity index (χ4v) is 3.42. The molecule has 2 aliphatic rings. The lowest BCUT2D eigenvalue weighted by Gasteiger charge is -2.10. The van der Waals surface area contributed by atoms with Gasteiger partial charge in [-0.15, -0.1) is 0 Å². The number of carbonyl (C=O) groups is 2. The second-order valence-corrected chi connectivity index (χ2v) is 7.14. The van der Waals surface area contributed by atoms with Crippen LogP contribution in [0.4, 0.5) is 5.69 Å².